The van der Waals surface area contributed by atoms with Crippen molar-refractivity contribution in [1.29, 1.82) is 0 Å². The summed E-state index contributed by atoms with van der Waals surface area (Å²) in [5.74, 6) is -8.37. The molecule has 2 saturated carbocycles. The van der Waals surface area contributed by atoms with Gasteiger partial charge in [0, 0.05) is 18.8 Å². The van der Waals surface area contributed by atoms with E-state index in [2.05, 4.69) is 0 Å². The van der Waals surface area contributed by atoms with E-state index in [1.165, 1.54) is 0 Å². The van der Waals surface area contributed by atoms with Crippen molar-refractivity contribution < 1.29 is 28.2 Å². The number of rotatable bonds is 2. The average molecular weight is 289 g/mol. The fraction of sp³-hybridized carbons (Fsp3) is 0.929. The Hall–Kier alpha value is -0.750. The molecule has 0 radical (unpaired) electrons. The highest BCUT2D eigenvalue weighted by molar-refractivity contribution is 5.73. The number of halogens is 2. The van der Waals surface area contributed by atoms with E-state index in [9.17, 15) is 18.7 Å². The number of hydrogen-bond donors (Lipinski definition) is 0. The normalized spacial score (nSPS) is 41.6. The first-order valence-corrected chi connectivity index (χ1v) is 7.38. The monoisotopic (exact) mass is 289 g/mol. The van der Waals surface area contributed by atoms with E-state index in [4.69, 9.17) is 9.47 Å². The first-order valence-electron chi connectivity index (χ1n) is 7.38. The van der Waals surface area contributed by atoms with E-state index < -0.39 is 23.6 Å². The maximum absolute atomic E-state index is 13.7. The van der Waals surface area contributed by atoms with Gasteiger partial charge in [0.05, 0.1) is 12.2 Å². The molecule has 114 valence electrons. The van der Waals surface area contributed by atoms with Crippen LogP contribution in [0.1, 0.15) is 51.4 Å². The van der Waals surface area contributed by atoms with Crippen molar-refractivity contribution in [2.24, 2.45) is 5.92 Å². The number of fused-ring (bicyclic) bond motifs is 1. The van der Waals surface area contributed by atoms with Crippen LogP contribution in [0.2, 0.25) is 0 Å². The third-order valence-electron chi connectivity index (χ3n) is 4.83. The van der Waals surface area contributed by atoms with Crippen LogP contribution in [0.5, 0.6) is 0 Å². The van der Waals surface area contributed by atoms with E-state index >= 15 is 0 Å². The van der Waals surface area contributed by atoms with Gasteiger partial charge in [0.2, 0.25) is 0 Å². The van der Waals surface area contributed by atoms with Crippen LogP contribution in [0.25, 0.3) is 0 Å². The third kappa shape index (κ3) is 2.33. The van der Waals surface area contributed by atoms with Crippen molar-refractivity contribution in [2.75, 3.05) is 0 Å². The molecule has 3 fully saturated rings. The summed E-state index contributed by atoms with van der Waals surface area (Å²) in [7, 11) is 0. The minimum Gasteiger partial charge on any atom is -0.544 e. The summed E-state index contributed by atoms with van der Waals surface area (Å²) in [5, 5.41) is 10.6. The topological polar surface area (TPSA) is 58.6 Å². The number of carbonyl (C=O) groups excluding carboxylic acids is 1. The van der Waals surface area contributed by atoms with Crippen molar-refractivity contribution in [3.63, 3.8) is 0 Å². The van der Waals surface area contributed by atoms with Gasteiger partial charge in [-0.2, -0.15) is 8.78 Å². The highest BCUT2D eigenvalue weighted by atomic mass is 19.3. The van der Waals surface area contributed by atoms with Crippen LogP contribution in [0.15, 0.2) is 0 Å². The van der Waals surface area contributed by atoms with Gasteiger partial charge in [0.25, 0.3) is 5.92 Å². The molecule has 4 nitrogen and oxygen atoms in total. The largest absolute Gasteiger partial charge is 0.544 e. The number of aliphatic carboxylic acids is 1. The molecule has 0 amide bonds. The molecule has 1 heterocycles. The van der Waals surface area contributed by atoms with Crippen LogP contribution in [0, 0.1) is 5.92 Å². The van der Waals surface area contributed by atoms with Gasteiger partial charge in [-0.15, -0.1) is 0 Å². The van der Waals surface area contributed by atoms with E-state index in [0.29, 0.717) is 12.8 Å². The average Bonchev–Trinajstić information content (AvgIpc) is 2.75. The zero-order valence-electron chi connectivity index (χ0n) is 11.3. The van der Waals surface area contributed by atoms with Crippen molar-refractivity contribution in [1.82, 2.24) is 0 Å². The lowest BCUT2D eigenvalue weighted by Crippen LogP contribution is -2.51. The Kier molecular flexibility index (Phi) is 3.49. The predicted molar refractivity (Wildman–Crippen MR) is 62.9 cm³/mol. The molecule has 0 aromatic rings. The summed E-state index contributed by atoms with van der Waals surface area (Å²) >= 11 is 0. The summed E-state index contributed by atoms with van der Waals surface area (Å²) in [5.41, 5.74) is 0. The van der Waals surface area contributed by atoms with E-state index in [-0.39, 0.29) is 25.0 Å². The number of ether oxygens (including phenoxy) is 2. The molecule has 3 rings (SSSR count). The van der Waals surface area contributed by atoms with Gasteiger partial charge < -0.3 is 19.4 Å². The first kappa shape index (κ1) is 14.2. The fourth-order valence-corrected chi connectivity index (χ4v) is 3.80. The van der Waals surface area contributed by atoms with E-state index in [1.807, 2.05) is 0 Å². The van der Waals surface area contributed by atoms with Crippen LogP contribution in [0.3, 0.4) is 0 Å². The molecule has 3 aliphatic rings. The summed E-state index contributed by atoms with van der Waals surface area (Å²) in [6, 6.07) is 0. The van der Waals surface area contributed by atoms with Gasteiger partial charge in [-0.25, -0.2) is 0 Å². The van der Waals surface area contributed by atoms with Crippen LogP contribution in [-0.2, 0) is 14.3 Å². The quantitative estimate of drug-likeness (QED) is 0.775. The minimum absolute atomic E-state index is 0.0147. The second kappa shape index (κ2) is 4.91. The zero-order chi connectivity index (χ0) is 14.4. The maximum atomic E-state index is 13.7. The molecule has 0 aromatic carbocycles. The van der Waals surface area contributed by atoms with Crippen molar-refractivity contribution in [3.05, 3.63) is 0 Å². The molecule has 3 atom stereocenters. The molecule has 2 aliphatic carbocycles. The smallest absolute Gasteiger partial charge is 0.290 e. The van der Waals surface area contributed by atoms with Crippen LogP contribution >= 0.6 is 0 Å². The van der Waals surface area contributed by atoms with Gasteiger partial charge in [0.15, 0.2) is 5.79 Å². The standard InChI is InChI=1S/C14H20F2O4/c15-14(16,12(17)18)9-4-3-7-13(8-9)19-10-5-1-2-6-11(10)20-13/h9-11H,1-8H2,(H,17,18)/p-1. The zero-order valence-corrected chi connectivity index (χ0v) is 11.3. The second-order valence-electron chi connectivity index (χ2n) is 6.21. The molecule has 1 spiro atoms. The molecule has 20 heavy (non-hydrogen) atoms. The molecule has 1 saturated heterocycles. The molecular formula is C14H19F2O4-. The van der Waals surface area contributed by atoms with Crippen molar-refractivity contribution >= 4 is 5.97 Å². The third-order valence-corrected chi connectivity index (χ3v) is 4.83. The van der Waals surface area contributed by atoms with Crippen molar-refractivity contribution in [2.45, 2.75) is 75.3 Å². The second-order valence-corrected chi connectivity index (χ2v) is 6.21. The lowest BCUT2D eigenvalue weighted by Gasteiger charge is -2.39. The van der Waals surface area contributed by atoms with Gasteiger partial charge in [-0.05, 0) is 25.7 Å². The van der Waals surface area contributed by atoms with Gasteiger partial charge in [-0.3, -0.25) is 0 Å². The Balaban J connectivity index is 1.74. The van der Waals surface area contributed by atoms with Gasteiger partial charge >= 0.3 is 0 Å². The lowest BCUT2D eigenvalue weighted by molar-refractivity contribution is -0.337. The van der Waals surface area contributed by atoms with Gasteiger partial charge in [-0.1, -0.05) is 12.8 Å². The maximum Gasteiger partial charge on any atom is 0.290 e. The highest BCUT2D eigenvalue weighted by Gasteiger charge is 2.54. The van der Waals surface area contributed by atoms with Crippen LogP contribution in [-0.4, -0.2) is 29.9 Å². The van der Waals surface area contributed by atoms with Crippen LogP contribution in [0.4, 0.5) is 8.78 Å². The fourth-order valence-electron chi connectivity index (χ4n) is 3.80. The number of alkyl halides is 2. The molecule has 0 aromatic heterocycles. The molecule has 6 heteroatoms. The molecule has 0 bridgehead atoms. The summed E-state index contributed by atoms with van der Waals surface area (Å²) in [6.07, 6.45) is 5.08. The Morgan fingerprint density at radius 3 is 2.25 bits per heavy atom. The van der Waals surface area contributed by atoms with E-state index in [1.54, 1.807) is 0 Å². The van der Waals surface area contributed by atoms with Crippen molar-refractivity contribution in [3.8, 4) is 0 Å². The van der Waals surface area contributed by atoms with E-state index in [0.717, 1.165) is 25.7 Å². The number of carboxylic acid groups (broad SMARTS) is 1. The Morgan fingerprint density at radius 1 is 1.10 bits per heavy atom. The summed E-state index contributed by atoms with van der Waals surface area (Å²) < 4.78 is 39.2. The van der Waals surface area contributed by atoms with Crippen LogP contribution < -0.4 is 5.11 Å². The summed E-state index contributed by atoms with van der Waals surface area (Å²) in [4.78, 5) is 10.6. The van der Waals surface area contributed by atoms with Gasteiger partial charge in [0.1, 0.15) is 5.97 Å². The SMILES string of the molecule is O=C([O-])C(F)(F)C1CCCC2(C1)OC1CCCCC1O2. The molecule has 1 aliphatic heterocycles. The number of carboxylic acids is 1. The number of hydrogen-bond acceptors (Lipinski definition) is 4. The Morgan fingerprint density at radius 2 is 1.70 bits per heavy atom. The number of carbonyl (C=O) groups is 1. The Bertz CT molecular complexity index is 385. The molecular weight excluding hydrogens is 270 g/mol. The Labute approximate surface area is 116 Å². The minimum atomic E-state index is -3.81. The molecule has 0 N–H and O–H groups in total. The highest BCUT2D eigenvalue weighted by Crippen LogP contribution is 2.49. The summed E-state index contributed by atoms with van der Waals surface area (Å²) in [6.45, 7) is 0. The predicted octanol–water partition coefficient (Wildman–Crippen LogP) is 1.62. The first-order chi connectivity index (χ1) is 9.43. The lowest BCUT2D eigenvalue weighted by atomic mass is 9.81. The molecule has 3 unspecified atom stereocenters.